The van der Waals surface area contributed by atoms with E-state index in [0.29, 0.717) is 6.42 Å². The number of benzene rings is 1. The molecule has 0 spiro atoms. The zero-order chi connectivity index (χ0) is 16.4. The van der Waals surface area contributed by atoms with Gasteiger partial charge in [0.25, 0.3) is 0 Å². The van der Waals surface area contributed by atoms with Crippen LogP contribution in [-0.2, 0) is 23.3 Å². The third-order valence-corrected chi connectivity index (χ3v) is 7.19. The zero-order valence-corrected chi connectivity index (χ0v) is 15.2. The molecule has 0 N–H and O–H groups in total. The van der Waals surface area contributed by atoms with Crippen LogP contribution < -0.4 is 0 Å². The van der Waals surface area contributed by atoms with E-state index in [1.807, 2.05) is 35.9 Å². The SMILES string of the molecule is Cn1c(SCCc2ccccc2Cl)nnc1C1CCS(=O)(=O)C1. The van der Waals surface area contributed by atoms with Gasteiger partial charge in [-0.1, -0.05) is 41.6 Å². The van der Waals surface area contributed by atoms with Gasteiger partial charge in [0.05, 0.1) is 11.5 Å². The minimum absolute atomic E-state index is 0.0320. The Labute approximate surface area is 145 Å². The summed E-state index contributed by atoms with van der Waals surface area (Å²) >= 11 is 7.77. The van der Waals surface area contributed by atoms with Crippen LogP contribution in [0.3, 0.4) is 0 Å². The maximum atomic E-state index is 11.6. The van der Waals surface area contributed by atoms with Gasteiger partial charge < -0.3 is 4.57 Å². The van der Waals surface area contributed by atoms with Gasteiger partial charge in [-0.05, 0) is 24.5 Å². The molecule has 1 saturated heterocycles. The molecular weight excluding hydrogens is 354 g/mol. The van der Waals surface area contributed by atoms with E-state index in [2.05, 4.69) is 10.2 Å². The molecule has 124 valence electrons. The molecule has 1 aliphatic heterocycles. The molecule has 0 radical (unpaired) electrons. The Kier molecular flexibility index (Phi) is 4.98. The lowest BCUT2D eigenvalue weighted by atomic mass is 10.1. The molecule has 2 aromatic rings. The van der Waals surface area contributed by atoms with Gasteiger partial charge in [0.15, 0.2) is 15.0 Å². The second-order valence-electron chi connectivity index (χ2n) is 5.69. The molecule has 0 saturated carbocycles. The van der Waals surface area contributed by atoms with Crippen molar-refractivity contribution >= 4 is 33.2 Å². The lowest BCUT2D eigenvalue weighted by Crippen LogP contribution is -2.09. The summed E-state index contributed by atoms with van der Waals surface area (Å²) in [5, 5.41) is 10.0. The van der Waals surface area contributed by atoms with E-state index in [-0.39, 0.29) is 17.4 Å². The van der Waals surface area contributed by atoms with Crippen molar-refractivity contribution in [3.05, 3.63) is 40.7 Å². The maximum absolute atomic E-state index is 11.6. The molecule has 1 unspecified atom stereocenters. The third kappa shape index (κ3) is 3.89. The van der Waals surface area contributed by atoms with Crippen LogP contribution in [0.2, 0.25) is 5.02 Å². The summed E-state index contributed by atoms with van der Waals surface area (Å²) in [6.45, 7) is 0. The highest BCUT2D eigenvalue weighted by Crippen LogP contribution is 2.29. The van der Waals surface area contributed by atoms with E-state index in [1.165, 1.54) is 0 Å². The van der Waals surface area contributed by atoms with Crippen LogP contribution in [0.1, 0.15) is 23.7 Å². The number of hydrogen-bond donors (Lipinski definition) is 0. The number of thioether (sulfide) groups is 1. The van der Waals surface area contributed by atoms with Crippen molar-refractivity contribution in [2.45, 2.75) is 23.9 Å². The molecule has 1 atom stereocenters. The van der Waals surface area contributed by atoms with E-state index in [9.17, 15) is 8.42 Å². The van der Waals surface area contributed by atoms with Crippen molar-refractivity contribution in [2.24, 2.45) is 7.05 Å². The first-order valence-electron chi connectivity index (χ1n) is 7.42. The lowest BCUT2D eigenvalue weighted by molar-refractivity contribution is 0.599. The number of sulfone groups is 1. The summed E-state index contributed by atoms with van der Waals surface area (Å²) in [6, 6.07) is 7.81. The number of aryl methyl sites for hydroxylation is 1. The largest absolute Gasteiger partial charge is 0.309 e. The first-order chi connectivity index (χ1) is 11.0. The number of aromatic nitrogens is 3. The minimum Gasteiger partial charge on any atom is -0.309 e. The Morgan fingerprint density at radius 2 is 2.13 bits per heavy atom. The Balaban J connectivity index is 1.63. The first-order valence-corrected chi connectivity index (χ1v) is 10.6. The monoisotopic (exact) mass is 371 g/mol. The zero-order valence-electron chi connectivity index (χ0n) is 12.8. The fraction of sp³-hybridized carbons (Fsp3) is 0.467. The van der Waals surface area contributed by atoms with Gasteiger partial charge in [-0.3, -0.25) is 0 Å². The molecule has 0 amide bonds. The first kappa shape index (κ1) is 16.8. The third-order valence-electron chi connectivity index (χ3n) is 4.03. The number of halogens is 1. The second-order valence-corrected chi connectivity index (χ2v) is 9.39. The highest BCUT2D eigenvalue weighted by molar-refractivity contribution is 7.99. The number of nitrogens with zero attached hydrogens (tertiary/aromatic N) is 3. The van der Waals surface area contributed by atoms with Crippen molar-refractivity contribution in [1.29, 1.82) is 0 Å². The van der Waals surface area contributed by atoms with Crippen LogP contribution in [0.25, 0.3) is 0 Å². The lowest BCUT2D eigenvalue weighted by Gasteiger charge is -2.08. The van der Waals surface area contributed by atoms with Gasteiger partial charge in [-0.2, -0.15) is 0 Å². The minimum atomic E-state index is -2.91. The van der Waals surface area contributed by atoms with Crippen molar-refractivity contribution in [1.82, 2.24) is 14.8 Å². The molecule has 5 nitrogen and oxygen atoms in total. The van der Waals surface area contributed by atoms with E-state index >= 15 is 0 Å². The quantitative estimate of drug-likeness (QED) is 0.756. The molecule has 8 heteroatoms. The molecule has 1 fully saturated rings. The molecular formula is C15H18ClN3O2S2. The standard InChI is InChI=1S/C15H18ClN3O2S2/c1-19-14(12-7-9-23(20,21)10-12)17-18-15(19)22-8-6-11-4-2-3-5-13(11)16/h2-5,12H,6-10H2,1H3. The van der Waals surface area contributed by atoms with Crippen molar-refractivity contribution in [3.8, 4) is 0 Å². The van der Waals surface area contributed by atoms with Crippen LogP contribution in [0, 0.1) is 0 Å². The molecule has 0 aliphatic carbocycles. The summed E-state index contributed by atoms with van der Waals surface area (Å²) in [5.74, 6) is 2.02. The summed E-state index contributed by atoms with van der Waals surface area (Å²) in [6.07, 6.45) is 1.49. The van der Waals surface area contributed by atoms with Crippen molar-refractivity contribution in [2.75, 3.05) is 17.3 Å². The molecule has 3 rings (SSSR count). The van der Waals surface area contributed by atoms with Gasteiger partial charge in [-0.15, -0.1) is 10.2 Å². The predicted molar refractivity (Wildman–Crippen MR) is 92.9 cm³/mol. The molecule has 1 aromatic heterocycles. The average molecular weight is 372 g/mol. The Bertz CT molecular complexity index is 805. The molecule has 1 aliphatic rings. The summed E-state index contributed by atoms with van der Waals surface area (Å²) in [4.78, 5) is 0. The number of hydrogen-bond acceptors (Lipinski definition) is 5. The van der Waals surface area contributed by atoms with E-state index in [1.54, 1.807) is 11.8 Å². The second kappa shape index (κ2) is 6.83. The van der Waals surface area contributed by atoms with Crippen LogP contribution in [0.5, 0.6) is 0 Å². The highest BCUT2D eigenvalue weighted by Gasteiger charge is 2.32. The molecule has 2 heterocycles. The van der Waals surface area contributed by atoms with Crippen LogP contribution in [-0.4, -0.2) is 40.4 Å². The summed E-state index contributed by atoms with van der Waals surface area (Å²) in [7, 11) is -1.01. The van der Waals surface area contributed by atoms with Crippen LogP contribution >= 0.6 is 23.4 Å². The number of rotatable bonds is 5. The van der Waals surface area contributed by atoms with Gasteiger partial charge in [-0.25, -0.2) is 8.42 Å². The topological polar surface area (TPSA) is 64.8 Å². The van der Waals surface area contributed by atoms with E-state index in [4.69, 9.17) is 11.6 Å². The molecule has 1 aromatic carbocycles. The molecule has 0 bridgehead atoms. The normalized spacial score (nSPS) is 20.0. The summed E-state index contributed by atoms with van der Waals surface area (Å²) < 4.78 is 25.2. The van der Waals surface area contributed by atoms with Gasteiger partial charge in [0.1, 0.15) is 5.82 Å². The molecule has 23 heavy (non-hydrogen) atoms. The van der Waals surface area contributed by atoms with E-state index in [0.717, 1.165) is 33.7 Å². The van der Waals surface area contributed by atoms with Crippen LogP contribution in [0.4, 0.5) is 0 Å². The van der Waals surface area contributed by atoms with Gasteiger partial charge in [0, 0.05) is 23.7 Å². The predicted octanol–water partition coefficient (Wildman–Crippen LogP) is 2.71. The Morgan fingerprint density at radius 1 is 1.35 bits per heavy atom. The Hall–Kier alpha value is -1.05. The fourth-order valence-electron chi connectivity index (χ4n) is 2.76. The van der Waals surface area contributed by atoms with Crippen LogP contribution in [0.15, 0.2) is 29.4 Å². The fourth-order valence-corrected chi connectivity index (χ4v) is 5.62. The van der Waals surface area contributed by atoms with Crippen molar-refractivity contribution in [3.63, 3.8) is 0 Å². The van der Waals surface area contributed by atoms with Gasteiger partial charge >= 0.3 is 0 Å². The summed E-state index contributed by atoms with van der Waals surface area (Å²) in [5.41, 5.74) is 1.12. The van der Waals surface area contributed by atoms with E-state index < -0.39 is 9.84 Å². The Morgan fingerprint density at radius 3 is 2.83 bits per heavy atom. The average Bonchev–Trinajstić information content (AvgIpc) is 3.04. The smallest absolute Gasteiger partial charge is 0.190 e. The van der Waals surface area contributed by atoms with Gasteiger partial charge in [0.2, 0.25) is 0 Å². The van der Waals surface area contributed by atoms with Crippen molar-refractivity contribution < 1.29 is 8.42 Å². The highest BCUT2D eigenvalue weighted by atomic mass is 35.5. The maximum Gasteiger partial charge on any atom is 0.190 e.